The maximum Gasteiger partial charge on any atom is 0.302 e. The molecule has 0 saturated carbocycles. The molecular formula is C9H17BO4. The predicted octanol–water partition coefficient (Wildman–Crippen LogP) is 0.170. The first-order chi connectivity index (χ1) is 6.56. The number of carbonyl (C=O) groups is 2. The van der Waals surface area contributed by atoms with Gasteiger partial charge in [-0.15, -0.1) is 0 Å². The minimum atomic E-state index is -0.297. The fourth-order valence-electron chi connectivity index (χ4n) is 1.09. The SMILES string of the molecule is BCCC(COC(C)=O)COC(C)=O. The quantitative estimate of drug-likeness (QED) is 0.453. The molecule has 0 bridgehead atoms. The highest BCUT2D eigenvalue weighted by atomic mass is 16.5. The third kappa shape index (κ3) is 7.64. The Kier molecular flexibility index (Phi) is 6.89. The summed E-state index contributed by atoms with van der Waals surface area (Å²) in [5.41, 5.74) is 0. The normalized spacial score (nSPS) is 9.93. The molecule has 14 heavy (non-hydrogen) atoms. The van der Waals surface area contributed by atoms with Crippen LogP contribution in [0.3, 0.4) is 0 Å². The lowest BCUT2D eigenvalue weighted by Gasteiger charge is -2.15. The fourth-order valence-corrected chi connectivity index (χ4v) is 1.09. The van der Waals surface area contributed by atoms with Gasteiger partial charge in [-0.2, -0.15) is 0 Å². The minimum Gasteiger partial charge on any atom is -0.465 e. The number of hydrogen-bond acceptors (Lipinski definition) is 4. The van der Waals surface area contributed by atoms with Crippen molar-refractivity contribution in [3.05, 3.63) is 0 Å². The summed E-state index contributed by atoms with van der Waals surface area (Å²) in [4.78, 5) is 21.1. The molecule has 4 nitrogen and oxygen atoms in total. The number of carbonyl (C=O) groups excluding carboxylic acids is 2. The second-order valence-electron chi connectivity index (χ2n) is 3.26. The Balaban J connectivity index is 3.76. The van der Waals surface area contributed by atoms with Crippen molar-refractivity contribution < 1.29 is 19.1 Å². The molecule has 80 valence electrons. The summed E-state index contributed by atoms with van der Waals surface area (Å²) in [6.07, 6.45) is 1.87. The van der Waals surface area contributed by atoms with E-state index in [9.17, 15) is 9.59 Å². The molecule has 0 aliphatic rings. The van der Waals surface area contributed by atoms with Gasteiger partial charge in [0, 0.05) is 19.8 Å². The summed E-state index contributed by atoms with van der Waals surface area (Å²) in [6.45, 7) is 3.40. The summed E-state index contributed by atoms with van der Waals surface area (Å²) in [5.74, 6) is -0.476. The van der Waals surface area contributed by atoms with Gasteiger partial charge in [-0.05, 0) is 0 Å². The van der Waals surface area contributed by atoms with E-state index >= 15 is 0 Å². The van der Waals surface area contributed by atoms with Crippen LogP contribution in [-0.2, 0) is 19.1 Å². The van der Waals surface area contributed by atoms with E-state index in [0.717, 1.165) is 12.7 Å². The first-order valence-corrected chi connectivity index (χ1v) is 4.83. The highest BCUT2D eigenvalue weighted by Crippen LogP contribution is 2.07. The van der Waals surface area contributed by atoms with Gasteiger partial charge in [0.05, 0.1) is 13.2 Å². The summed E-state index contributed by atoms with van der Waals surface area (Å²) in [7, 11) is 2.04. The predicted molar refractivity (Wildman–Crippen MR) is 54.7 cm³/mol. The van der Waals surface area contributed by atoms with Gasteiger partial charge < -0.3 is 9.47 Å². The van der Waals surface area contributed by atoms with Crippen molar-refractivity contribution in [1.82, 2.24) is 0 Å². The summed E-state index contributed by atoms with van der Waals surface area (Å²) in [5, 5.41) is 0. The molecule has 0 atom stereocenters. The lowest BCUT2D eigenvalue weighted by molar-refractivity contribution is -0.146. The van der Waals surface area contributed by atoms with E-state index in [1.54, 1.807) is 0 Å². The van der Waals surface area contributed by atoms with Crippen LogP contribution >= 0.6 is 0 Å². The van der Waals surface area contributed by atoms with Crippen molar-refractivity contribution in [1.29, 1.82) is 0 Å². The molecule has 0 fully saturated rings. The standard InChI is InChI=1S/C9H17BO4/c1-7(11)13-5-9(3-4-10)6-14-8(2)12/h9H,3-6,10H2,1-2H3. The minimum absolute atomic E-state index is 0.118. The van der Waals surface area contributed by atoms with Crippen molar-refractivity contribution in [3.63, 3.8) is 0 Å². The summed E-state index contributed by atoms with van der Waals surface area (Å²) >= 11 is 0. The third-order valence-electron chi connectivity index (χ3n) is 1.74. The number of esters is 2. The zero-order chi connectivity index (χ0) is 11.0. The van der Waals surface area contributed by atoms with Crippen LogP contribution < -0.4 is 0 Å². The number of hydrogen-bond donors (Lipinski definition) is 0. The molecule has 0 heterocycles. The van der Waals surface area contributed by atoms with E-state index in [2.05, 4.69) is 0 Å². The van der Waals surface area contributed by atoms with E-state index < -0.39 is 0 Å². The van der Waals surface area contributed by atoms with Crippen molar-refractivity contribution in [2.24, 2.45) is 5.92 Å². The van der Waals surface area contributed by atoms with Crippen molar-refractivity contribution in [2.75, 3.05) is 13.2 Å². The average molecular weight is 200 g/mol. The van der Waals surface area contributed by atoms with Crippen LogP contribution in [0.2, 0.25) is 6.32 Å². The molecule has 0 rings (SSSR count). The lowest BCUT2D eigenvalue weighted by Crippen LogP contribution is -2.19. The smallest absolute Gasteiger partial charge is 0.302 e. The maximum absolute atomic E-state index is 10.6. The van der Waals surface area contributed by atoms with Crippen LogP contribution in [0.25, 0.3) is 0 Å². The van der Waals surface area contributed by atoms with E-state index in [0.29, 0.717) is 13.2 Å². The molecule has 0 N–H and O–H groups in total. The number of ether oxygens (including phenoxy) is 2. The Morgan fingerprint density at radius 1 is 1.14 bits per heavy atom. The molecule has 0 radical (unpaired) electrons. The molecule has 0 spiro atoms. The van der Waals surface area contributed by atoms with Crippen molar-refractivity contribution in [2.45, 2.75) is 26.6 Å². The molecule has 0 aromatic heterocycles. The monoisotopic (exact) mass is 200 g/mol. The van der Waals surface area contributed by atoms with E-state index in [1.165, 1.54) is 13.8 Å². The molecular weight excluding hydrogens is 183 g/mol. The van der Waals surface area contributed by atoms with Gasteiger partial charge in [-0.25, -0.2) is 0 Å². The number of rotatable bonds is 6. The van der Waals surface area contributed by atoms with Crippen LogP contribution in [0.1, 0.15) is 20.3 Å². The second-order valence-corrected chi connectivity index (χ2v) is 3.26. The lowest BCUT2D eigenvalue weighted by atomic mass is 9.94. The Hall–Kier alpha value is -0.995. The molecule has 0 saturated heterocycles. The molecule has 5 heteroatoms. The van der Waals surface area contributed by atoms with E-state index in [4.69, 9.17) is 9.47 Å². The van der Waals surface area contributed by atoms with Gasteiger partial charge in [0.1, 0.15) is 7.85 Å². The second kappa shape index (κ2) is 7.41. The third-order valence-corrected chi connectivity index (χ3v) is 1.74. The van der Waals surface area contributed by atoms with Crippen molar-refractivity contribution in [3.8, 4) is 0 Å². The van der Waals surface area contributed by atoms with Gasteiger partial charge in [0.15, 0.2) is 0 Å². The topological polar surface area (TPSA) is 52.6 Å². The highest BCUT2D eigenvalue weighted by molar-refractivity contribution is 6.08. The van der Waals surface area contributed by atoms with Gasteiger partial charge in [0.25, 0.3) is 0 Å². The molecule has 0 aromatic rings. The van der Waals surface area contributed by atoms with Crippen LogP contribution in [0.15, 0.2) is 0 Å². The van der Waals surface area contributed by atoms with Crippen molar-refractivity contribution >= 4 is 19.8 Å². The molecule has 0 aromatic carbocycles. The van der Waals surface area contributed by atoms with Crippen LogP contribution in [-0.4, -0.2) is 33.0 Å². The van der Waals surface area contributed by atoms with Gasteiger partial charge >= 0.3 is 11.9 Å². The highest BCUT2D eigenvalue weighted by Gasteiger charge is 2.11. The Morgan fingerprint density at radius 2 is 1.57 bits per heavy atom. The van der Waals surface area contributed by atoms with Crippen LogP contribution in [0.4, 0.5) is 0 Å². The van der Waals surface area contributed by atoms with E-state index in [1.807, 2.05) is 7.85 Å². The van der Waals surface area contributed by atoms with Gasteiger partial charge in [0.2, 0.25) is 0 Å². The molecule has 0 aliphatic carbocycles. The van der Waals surface area contributed by atoms with Gasteiger partial charge in [-0.3, -0.25) is 9.59 Å². The van der Waals surface area contributed by atoms with E-state index in [-0.39, 0.29) is 17.9 Å². The zero-order valence-electron chi connectivity index (χ0n) is 9.04. The Morgan fingerprint density at radius 3 is 1.86 bits per heavy atom. The van der Waals surface area contributed by atoms with Crippen LogP contribution in [0.5, 0.6) is 0 Å². The Bertz CT molecular complexity index is 175. The molecule has 0 unspecified atom stereocenters. The Labute approximate surface area is 85.4 Å². The largest absolute Gasteiger partial charge is 0.465 e. The molecule has 0 aliphatic heterocycles. The fraction of sp³-hybridized carbons (Fsp3) is 0.778. The summed E-state index contributed by atoms with van der Waals surface area (Å²) < 4.78 is 9.72. The molecule has 0 amide bonds. The maximum atomic E-state index is 10.6. The average Bonchev–Trinajstić information content (AvgIpc) is 2.09. The zero-order valence-corrected chi connectivity index (χ0v) is 9.04. The van der Waals surface area contributed by atoms with Crippen LogP contribution in [0, 0.1) is 5.92 Å². The van der Waals surface area contributed by atoms with Gasteiger partial charge in [-0.1, -0.05) is 12.7 Å². The first kappa shape index (κ1) is 13.0. The summed E-state index contributed by atoms with van der Waals surface area (Å²) in [6, 6.07) is 0. The first-order valence-electron chi connectivity index (χ1n) is 4.83.